The summed E-state index contributed by atoms with van der Waals surface area (Å²) in [5.41, 5.74) is 4.15. The maximum atomic E-state index is 12.2. The topological polar surface area (TPSA) is 26.3 Å². The molecule has 0 saturated heterocycles. The molecule has 0 aliphatic heterocycles. The minimum Gasteiger partial charge on any atom is -0.373 e. The number of hydrogen-bond acceptors (Lipinski definition) is 2. The van der Waals surface area contributed by atoms with Crippen molar-refractivity contribution >= 4 is 5.78 Å². The molecule has 21 heavy (non-hydrogen) atoms. The van der Waals surface area contributed by atoms with Gasteiger partial charge in [-0.15, -0.1) is 0 Å². The minimum atomic E-state index is 0.107. The summed E-state index contributed by atoms with van der Waals surface area (Å²) in [5, 5.41) is 0. The first kappa shape index (κ1) is 17.9. The number of ketones is 1. The van der Waals surface area contributed by atoms with Gasteiger partial charge in [-0.05, 0) is 38.3 Å². The number of carbonyl (C=O) groups is 1. The monoisotopic (exact) mass is 290 g/mol. The van der Waals surface area contributed by atoms with Crippen LogP contribution < -0.4 is 0 Å². The van der Waals surface area contributed by atoms with E-state index in [-0.39, 0.29) is 12.4 Å². The number of benzene rings is 1. The highest BCUT2D eigenvalue weighted by Gasteiger charge is 2.12. The van der Waals surface area contributed by atoms with Crippen molar-refractivity contribution in [2.75, 3.05) is 13.2 Å². The van der Waals surface area contributed by atoms with E-state index in [0.717, 1.165) is 23.1 Å². The van der Waals surface area contributed by atoms with Crippen LogP contribution in [0.4, 0.5) is 0 Å². The van der Waals surface area contributed by atoms with E-state index in [2.05, 4.69) is 26.0 Å². The van der Waals surface area contributed by atoms with Crippen LogP contribution in [0.25, 0.3) is 0 Å². The summed E-state index contributed by atoms with van der Waals surface area (Å²) in [4.78, 5) is 12.2. The van der Waals surface area contributed by atoms with E-state index in [9.17, 15) is 4.79 Å². The molecule has 0 N–H and O–H groups in total. The summed E-state index contributed by atoms with van der Waals surface area (Å²) in [6.45, 7) is 9.19. The van der Waals surface area contributed by atoms with Crippen LogP contribution in [0.3, 0.4) is 0 Å². The summed E-state index contributed by atoms with van der Waals surface area (Å²) in [7, 11) is 0. The molecule has 0 aromatic heterocycles. The normalized spacial score (nSPS) is 10.9. The number of carbonyl (C=O) groups excluding carboxylic acids is 1. The van der Waals surface area contributed by atoms with Gasteiger partial charge in [-0.2, -0.15) is 0 Å². The number of ether oxygens (including phenoxy) is 1. The van der Waals surface area contributed by atoms with Gasteiger partial charge in [0, 0.05) is 12.2 Å². The van der Waals surface area contributed by atoms with Crippen LogP contribution in [-0.2, 0) is 4.74 Å². The van der Waals surface area contributed by atoms with Crippen LogP contribution in [0.15, 0.2) is 12.1 Å². The Hall–Kier alpha value is -1.15. The van der Waals surface area contributed by atoms with E-state index in [0.29, 0.717) is 6.61 Å². The predicted octanol–water partition coefficient (Wildman–Crippen LogP) is 5.17. The average Bonchev–Trinajstić information content (AvgIpc) is 2.40. The zero-order valence-corrected chi connectivity index (χ0v) is 14.1. The van der Waals surface area contributed by atoms with Crippen LogP contribution in [0, 0.1) is 20.8 Å². The molecule has 0 aliphatic carbocycles. The first-order valence-corrected chi connectivity index (χ1v) is 8.25. The van der Waals surface area contributed by atoms with Crippen molar-refractivity contribution in [1.29, 1.82) is 0 Å². The highest BCUT2D eigenvalue weighted by molar-refractivity contribution is 5.99. The van der Waals surface area contributed by atoms with Gasteiger partial charge in [0.2, 0.25) is 0 Å². The van der Waals surface area contributed by atoms with Crippen molar-refractivity contribution < 1.29 is 9.53 Å². The summed E-state index contributed by atoms with van der Waals surface area (Å²) >= 11 is 0. The Morgan fingerprint density at radius 3 is 2.14 bits per heavy atom. The van der Waals surface area contributed by atoms with Crippen LogP contribution >= 0.6 is 0 Å². The van der Waals surface area contributed by atoms with E-state index >= 15 is 0 Å². The molecule has 0 heterocycles. The molecule has 0 amide bonds. The van der Waals surface area contributed by atoms with Crippen LogP contribution in [0.2, 0.25) is 0 Å². The molecule has 0 radical (unpaired) electrons. The zero-order valence-electron chi connectivity index (χ0n) is 14.1. The Labute approximate surface area is 129 Å². The lowest BCUT2D eigenvalue weighted by Gasteiger charge is -2.10. The van der Waals surface area contributed by atoms with E-state index in [1.807, 2.05) is 13.8 Å². The number of Topliss-reactive ketones (excluding diaryl/α,β-unsaturated/α-hetero) is 1. The first-order valence-electron chi connectivity index (χ1n) is 8.25. The third-order valence-corrected chi connectivity index (χ3v) is 3.83. The highest BCUT2D eigenvalue weighted by atomic mass is 16.5. The number of rotatable bonds is 10. The quantitative estimate of drug-likeness (QED) is 0.439. The van der Waals surface area contributed by atoms with Gasteiger partial charge in [-0.25, -0.2) is 0 Å². The molecule has 0 fully saturated rings. The maximum absolute atomic E-state index is 12.2. The van der Waals surface area contributed by atoms with Crippen molar-refractivity contribution in [3.63, 3.8) is 0 Å². The lowest BCUT2D eigenvalue weighted by molar-refractivity contribution is 0.0751. The largest absolute Gasteiger partial charge is 0.373 e. The Morgan fingerprint density at radius 1 is 0.952 bits per heavy atom. The number of aryl methyl sites for hydroxylation is 3. The molecule has 0 bridgehead atoms. The van der Waals surface area contributed by atoms with E-state index in [4.69, 9.17) is 4.74 Å². The fourth-order valence-electron chi connectivity index (χ4n) is 2.84. The third-order valence-electron chi connectivity index (χ3n) is 3.83. The number of unbranched alkanes of at least 4 members (excludes halogenated alkanes) is 5. The third kappa shape index (κ3) is 6.43. The van der Waals surface area contributed by atoms with Crippen molar-refractivity contribution in [3.05, 3.63) is 34.4 Å². The van der Waals surface area contributed by atoms with Gasteiger partial charge >= 0.3 is 0 Å². The lowest BCUT2D eigenvalue weighted by Crippen LogP contribution is -2.13. The van der Waals surface area contributed by atoms with Crippen molar-refractivity contribution in [1.82, 2.24) is 0 Å². The fraction of sp³-hybridized carbons (Fsp3) is 0.632. The molecule has 0 atom stereocenters. The second-order valence-corrected chi connectivity index (χ2v) is 6.02. The molecular formula is C19H30O2. The maximum Gasteiger partial charge on any atom is 0.188 e. The van der Waals surface area contributed by atoms with Crippen molar-refractivity contribution in [2.24, 2.45) is 0 Å². The summed E-state index contributed by atoms with van der Waals surface area (Å²) in [6, 6.07) is 4.13. The standard InChI is InChI=1S/C19H30O2/c1-5-6-7-8-9-10-11-21-14-18(20)19-16(3)12-15(2)13-17(19)4/h12-13H,5-11,14H2,1-4H3. The Kier molecular flexibility index (Phi) is 8.29. The molecule has 2 nitrogen and oxygen atoms in total. The SMILES string of the molecule is CCCCCCCCOCC(=O)c1c(C)cc(C)cc1C. The van der Waals surface area contributed by atoms with Crippen LogP contribution in [0.1, 0.15) is 72.5 Å². The zero-order chi connectivity index (χ0) is 15.7. The lowest BCUT2D eigenvalue weighted by atomic mass is 9.97. The highest BCUT2D eigenvalue weighted by Crippen LogP contribution is 2.17. The summed E-state index contributed by atoms with van der Waals surface area (Å²) in [5.74, 6) is 0.107. The first-order chi connectivity index (χ1) is 10.1. The van der Waals surface area contributed by atoms with E-state index in [1.54, 1.807) is 0 Å². The molecule has 2 heteroatoms. The molecule has 0 unspecified atom stereocenters. The van der Waals surface area contributed by atoms with Gasteiger partial charge < -0.3 is 4.74 Å². The average molecular weight is 290 g/mol. The van der Waals surface area contributed by atoms with Gasteiger partial charge in [-0.1, -0.05) is 56.7 Å². The molecule has 0 spiro atoms. The van der Waals surface area contributed by atoms with Crippen molar-refractivity contribution in [2.45, 2.75) is 66.2 Å². The molecule has 1 rings (SSSR count). The molecular weight excluding hydrogens is 260 g/mol. The molecule has 0 aliphatic rings. The van der Waals surface area contributed by atoms with Gasteiger partial charge in [0.25, 0.3) is 0 Å². The summed E-state index contributed by atoms with van der Waals surface area (Å²) < 4.78 is 5.55. The van der Waals surface area contributed by atoms with Gasteiger partial charge in [0.05, 0.1) is 0 Å². The van der Waals surface area contributed by atoms with Crippen molar-refractivity contribution in [3.8, 4) is 0 Å². The Morgan fingerprint density at radius 2 is 1.52 bits per heavy atom. The molecule has 118 valence electrons. The van der Waals surface area contributed by atoms with Gasteiger partial charge in [0.1, 0.15) is 6.61 Å². The van der Waals surface area contributed by atoms with Crippen LogP contribution in [-0.4, -0.2) is 19.0 Å². The minimum absolute atomic E-state index is 0.107. The molecule has 1 aromatic rings. The van der Waals surface area contributed by atoms with E-state index < -0.39 is 0 Å². The predicted molar refractivity (Wildman–Crippen MR) is 89.2 cm³/mol. The van der Waals surface area contributed by atoms with Gasteiger partial charge in [-0.3, -0.25) is 4.79 Å². The second kappa shape index (κ2) is 9.73. The van der Waals surface area contributed by atoms with Crippen LogP contribution in [0.5, 0.6) is 0 Å². The van der Waals surface area contributed by atoms with E-state index in [1.165, 1.54) is 37.7 Å². The Balaban J connectivity index is 2.29. The Bertz CT molecular complexity index is 426. The van der Waals surface area contributed by atoms with Gasteiger partial charge in [0.15, 0.2) is 5.78 Å². The number of hydrogen-bond donors (Lipinski definition) is 0. The smallest absolute Gasteiger partial charge is 0.188 e. The summed E-state index contributed by atoms with van der Waals surface area (Å²) in [6.07, 6.45) is 7.46. The molecule has 0 saturated carbocycles. The fourth-order valence-corrected chi connectivity index (χ4v) is 2.84. The molecule has 1 aromatic carbocycles. The second-order valence-electron chi connectivity index (χ2n) is 6.02.